The summed E-state index contributed by atoms with van der Waals surface area (Å²) in [5, 5.41) is 22.8. The number of nitrogens with one attached hydrogen (secondary N) is 1. The number of rotatable bonds is 9. The van der Waals surface area contributed by atoms with Crippen LogP contribution >= 0.6 is 0 Å². The number of pyridine rings is 1. The molecular weight excluding hydrogens is 378 g/mol. The Morgan fingerprint density at radius 1 is 1.10 bits per heavy atom. The van der Waals surface area contributed by atoms with Gasteiger partial charge in [0, 0.05) is 35.7 Å². The Hall–Kier alpha value is -2.96. The average molecular weight is 408 g/mol. The van der Waals surface area contributed by atoms with Gasteiger partial charge in [-0.1, -0.05) is 30.3 Å². The van der Waals surface area contributed by atoms with Crippen LogP contribution in [-0.4, -0.2) is 38.3 Å². The van der Waals surface area contributed by atoms with Gasteiger partial charge >= 0.3 is 5.97 Å². The van der Waals surface area contributed by atoms with Crippen LogP contribution in [0.25, 0.3) is 5.82 Å². The molecule has 2 aromatic heterocycles. The molecule has 2 atom stereocenters. The van der Waals surface area contributed by atoms with Crippen molar-refractivity contribution < 1.29 is 15.0 Å². The highest BCUT2D eigenvalue weighted by atomic mass is 16.4. The fourth-order valence-corrected chi connectivity index (χ4v) is 3.65. The molecule has 0 aliphatic carbocycles. The van der Waals surface area contributed by atoms with E-state index in [9.17, 15) is 9.90 Å². The number of carboxylic acid groups (broad SMARTS) is 1. The second-order valence-corrected chi connectivity index (χ2v) is 7.82. The molecule has 158 valence electrons. The molecule has 0 spiro atoms. The van der Waals surface area contributed by atoms with Crippen molar-refractivity contribution in [2.75, 3.05) is 6.54 Å². The summed E-state index contributed by atoms with van der Waals surface area (Å²) in [7, 11) is 0. The lowest BCUT2D eigenvalue weighted by molar-refractivity contribution is -0.136. The minimum Gasteiger partial charge on any atom is -0.481 e. The maximum atomic E-state index is 10.9. The third kappa shape index (κ3) is 5.55. The first-order valence-corrected chi connectivity index (χ1v) is 10.2. The zero-order chi connectivity index (χ0) is 21.7. The predicted octanol–water partition coefficient (Wildman–Crippen LogP) is 3.37. The molecule has 0 aliphatic heterocycles. The van der Waals surface area contributed by atoms with Crippen LogP contribution in [0.5, 0.6) is 0 Å². The van der Waals surface area contributed by atoms with Gasteiger partial charge in [0.15, 0.2) is 0 Å². The number of aryl methyl sites for hydroxylation is 2. The lowest BCUT2D eigenvalue weighted by Crippen LogP contribution is -2.32. The van der Waals surface area contributed by atoms with Gasteiger partial charge in [0.25, 0.3) is 0 Å². The van der Waals surface area contributed by atoms with Gasteiger partial charge in [0.2, 0.25) is 0 Å². The van der Waals surface area contributed by atoms with Crippen molar-refractivity contribution in [1.82, 2.24) is 14.9 Å². The van der Waals surface area contributed by atoms with Crippen molar-refractivity contribution in [2.45, 2.75) is 45.8 Å². The Morgan fingerprint density at radius 2 is 1.80 bits per heavy atom. The van der Waals surface area contributed by atoms with Crippen molar-refractivity contribution in [3.8, 4) is 5.82 Å². The smallest absolute Gasteiger partial charge is 0.307 e. The fourth-order valence-electron chi connectivity index (χ4n) is 3.65. The van der Waals surface area contributed by atoms with E-state index < -0.39 is 12.1 Å². The minimum absolute atomic E-state index is 0.0272. The van der Waals surface area contributed by atoms with Gasteiger partial charge in [-0.15, -0.1) is 0 Å². The van der Waals surface area contributed by atoms with E-state index in [0.717, 1.165) is 40.3 Å². The quantitative estimate of drug-likeness (QED) is 0.506. The number of carboxylic acids is 1. The summed E-state index contributed by atoms with van der Waals surface area (Å²) in [6, 6.07) is 15.7. The van der Waals surface area contributed by atoms with E-state index in [1.54, 1.807) is 6.20 Å². The van der Waals surface area contributed by atoms with Gasteiger partial charge in [-0.3, -0.25) is 4.79 Å². The number of aliphatic hydroxyl groups excluding tert-OH is 1. The Morgan fingerprint density at radius 3 is 2.43 bits per heavy atom. The first-order chi connectivity index (χ1) is 14.3. The highest BCUT2D eigenvalue weighted by Gasteiger charge is 2.12. The van der Waals surface area contributed by atoms with Crippen LogP contribution in [0, 0.1) is 13.8 Å². The molecule has 2 unspecified atom stereocenters. The van der Waals surface area contributed by atoms with Crippen LogP contribution in [-0.2, 0) is 17.6 Å². The van der Waals surface area contributed by atoms with Crippen LogP contribution in [0.15, 0.2) is 54.7 Å². The lowest BCUT2D eigenvalue weighted by atomic mass is 10.0. The van der Waals surface area contributed by atoms with Crippen LogP contribution in [0.4, 0.5) is 0 Å². The number of aliphatic carboxylic acids is 1. The Labute approximate surface area is 177 Å². The molecule has 6 heteroatoms. The third-order valence-corrected chi connectivity index (χ3v) is 5.20. The highest BCUT2D eigenvalue weighted by molar-refractivity contribution is 5.70. The van der Waals surface area contributed by atoms with Gasteiger partial charge in [0.1, 0.15) is 5.82 Å². The summed E-state index contributed by atoms with van der Waals surface area (Å²) < 4.78 is 2.08. The maximum absolute atomic E-state index is 10.9. The number of carbonyl (C=O) groups is 1. The molecule has 0 saturated carbocycles. The molecule has 0 bridgehead atoms. The molecular formula is C24H29N3O3. The van der Waals surface area contributed by atoms with Crippen molar-refractivity contribution in [3.63, 3.8) is 0 Å². The second kappa shape index (κ2) is 9.69. The molecule has 0 fully saturated rings. The number of nitrogens with zero attached hydrogens (tertiary/aromatic N) is 2. The van der Waals surface area contributed by atoms with Crippen LogP contribution in [0.1, 0.15) is 41.1 Å². The molecule has 0 amide bonds. The molecule has 0 saturated heterocycles. The van der Waals surface area contributed by atoms with Gasteiger partial charge in [-0.25, -0.2) is 4.98 Å². The Balaban J connectivity index is 1.55. The molecule has 6 nitrogen and oxygen atoms in total. The first kappa shape index (κ1) is 21.7. The van der Waals surface area contributed by atoms with E-state index in [1.807, 2.05) is 50.2 Å². The van der Waals surface area contributed by atoms with Crippen LogP contribution in [0.2, 0.25) is 0 Å². The molecule has 2 heterocycles. The van der Waals surface area contributed by atoms with Crippen molar-refractivity contribution in [1.29, 1.82) is 0 Å². The maximum Gasteiger partial charge on any atom is 0.307 e. The summed E-state index contributed by atoms with van der Waals surface area (Å²) in [5.41, 5.74) is 4.88. The third-order valence-electron chi connectivity index (χ3n) is 5.20. The molecule has 3 rings (SSSR count). The zero-order valence-corrected chi connectivity index (χ0v) is 17.7. The van der Waals surface area contributed by atoms with E-state index in [0.29, 0.717) is 6.54 Å². The number of benzene rings is 1. The second-order valence-electron chi connectivity index (χ2n) is 7.82. The summed E-state index contributed by atoms with van der Waals surface area (Å²) in [6.07, 6.45) is 1.85. The van der Waals surface area contributed by atoms with E-state index in [1.165, 1.54) is 0 Å². The normalized spacial score (nSPS) is 13.2. The molecule has 0 aliphatic rings. The first-order valence-electron chi connectivity index (χ1n) is 10.2. The minimum atomic E-state index is -0.830. The van der Waals surface area contributed by atoms with E-state index in [-0.39, 0.29) is 12.5 Å². The van der Waals surface area contributed by atoms with Gasteiger partial charge < -0.3 is 20.1 Å². The standard InChI is InChI=1S/C24H29N3O3/c1-16(11-19-5-4-6-20(12-19)13-24(29)30)25-15-22(28)21-9-10-23(26-14-21)27-17(2)7-8-18(27)3/h4-10,12,14,16,22,25,28H,11,13,15H2,1-3H3,(H,29,30). The number of aliphatic hydroxyl groups is 1. The number of aromatic nitrogens is 2. The van der Waals surface area contributed by atoms with E-state index in [2.05, 4.69) is 33.9 Å². The van der Waals surface area contributed by atoms with Gasteiger partial charge in [-0.2, -0.15) is 0 Å². The van der Waals surface area contributed by atoms with Crippen molar-refractivity contribution in [3.05, 3.63) is 82.8 Å². The summed E-state index contributed by atoms with van der Waals surface area (Å²) >= 11 is 0. The predicted molar refractivity (Wildman–Crippen MR) is 117 cm³/mol. The molecule has 3 N–H and O–H groups in total. The zero-order valence-electron chi connectivity index (χ0n) is 17.7. The Bertz CT molecular complexity index is 976. The molecule has 3 aromatic rings. The molecule has 0 radical (unpaired) electrons. The van der Waals surface area contributed by atoms with Gasteiger partial charge in [-0.05, 0) is 56.5 Å². The Kier molecular flexibility index (Phi) is 7.03. The largest absolute Gasteiger partial charge is 0.481 e. The lowest BCUT2D eigenvalue weighted by Gasteiger charge is -2.18. The van der Waals surface area contributed by atoms with E-state index >= 15 is 0 Å². The van der Waals surface area contributed by atoms with Gasteiger partial charge in [0.05, 0.1) is 12.5 Å². The molecule has 30 heavy (non-hydrogen) atoms. The van der Waals surface area contributed by atoms with E-state index in [4.69, 9.17) is 5.11 Å². The monoisotopic (exact) mass is 407 g/mol. The van der Waals surface area contributed by atoms with Crippen LogP contribution in [0.3, 0.4) is 0 Å². The van der Waals surface area contributed by atoms with Crippen LogP contribution < -0.4 is 5.32 Å². The fraction of sp³-hybridized carbons (Fsp3) is 0.333. The highest BCUT2D eigenvalue weighted by Crippen LogP contribution is 2.17. The summed E-state index contributed by atoms with van der Waals surface area (Å²) in [6.45, 7) is 6.55. The number of hydrogen-bond donors (Lipinski definition) is 3. The SMILES string of the molecule is Cc1ccc(C)n1-c1ccc(C(O)CNC(C)Cc2cccc(CC(=O)O)c2)cn1. The average Bonchev–Trinajstić information content (AvgIpc) is 3.04. The summed E-state index contributed by atoms with van der Waals surface area (Å²) in [4.78, 5) is 15.4. The number of hydrogen-bond acceptors (Lipinski definition) is 4. The molecule has 1 aromatic carbocycles. The van der Waals surface area contributed by atoms with Crippen molar-refractivity contribution >= 4 is 5.97 Å². The van der Waals surface area contributed by atoms with Crippen molar-refractivity contribution in [2.24, 2.45) is 0 Å². The summed E-state index contributed by atoms with van der Waals surface area (Å²) in [5.74, 6) is 0.0108. The topological polar surface area (TPSA) is 87.4 Å².